The van der Waals surface area contributed by atoms with Gasteiger partial charge in [0, 0.05) is 0 Å². The fourth-order valence-corrected chi connectivity index (χ4v) is 2.29. The van der Waals surface area contributed by atoms with Crippen molar-refractivity contribution in [2.24, 2.45) is 0 Å². The van der Waals surface area contributed by atoms with E-state index in [9.17, 15) is 10.0 Å². The number of hydrogen-bond donors (Lipinski definition) is 2. The highest BCUT2D eigenvalue weighted by molar-refractivity contribution is 6.68. The van der Waals surface area contributed by atoms with Crippen molar-refractivity contribution in [2.75, 3.05) is 0 Å². The second kappa shape index (κ2) is 6.37. The van der Waals surface area contributed by atoms with E-state index in [4.69, 9.17) is 0 Å². The van der Waals surface area contributed by atoms with Gasteiger partial charge in [0.15, 0.2) is 0 Å². The average molecular weight is 252 g/mol. The van der Waals surface area contributed by atoms with Gasteiger partial charge in [-0.25, -0.2) is 0 Å². The number of allylic oxidation sites excluding steroid dienone is 1. The molecule has 0 heterocycles. The van der Waals surface area contributed by atoms with Gasteiger partial charge in [0.25, 0.3) is 0 Å². The van der Waals surface area contributed by atoms with E-state index in [-0.39, 0.29) is 0 Å². The Balaban J connectivity index is 2.60. The van der Waals surface area contributed by atoms with Crippen molar-refractivity contribution in [1.82, 2.24) is 0 Å². The van der Waals surface area contributed by atoms with Gasteiger partial charge in [0.1, 0.15) is 0 Å². The lowest BCUT2D eigenvalue weighted by molar-refractivity contribution is 0.427. The van der Waals surface area contributed by atoms with E-state index in [0.717, 1.165) is 23.1 Å². The van der Waals surface area contributed by atoms with Crippen LogP contribution >= 0.6 is 0 Å². The van der Waals surface area contributed by atoms with Crippen molar-refractivity contribution in [3.63, 3.8) is 0 Å². The molecule has 0 atom stereocenters. The third-order valence-corrected chi connectivity index (χ3v) is 3.14. The smallest absolute Gasteiger partial charge is 0.423 e. The molecule has 0 spiro atoms. The predicted octanol–water partition coefficient (Wildman–Crippen LogP) is 3.02. The molecule has 0 aliphatic rings. The summed E-state index contributed by atoms with van der Waals surface area (Å²) in [6, 6.07) is 19.4. The molecule has 19 heavy (non-hydrogen) atoms. The summed E-state index contributed by atoms with van der Waals surface area (Å²) in [5.74, 6) is 0. The van der Waals surface area contributed by atoms with Crippen LogP contribution < -0.4 is 0 Å². The minimum atomic E-state index is -1.47. The van der Waals surface area contributed by atoms with E-state index in [2.05, 4.69) is 0 Å². The molecule has 2 aromatic rings. The van der Waals surface area contributed by atoms with Crippen molar-refractivity contribution in [3.05, 3.63) is 71.8 Å². The lowest BCUT2D eigenvalue weighted by atomic mass is 9.70. The molecule has 2 rings (SSSR count). The zero-order chi connectivity index (χ0) is 13.7. The van der Waals surface area contributed by atoms with Gasteiger partial charge >= 0.3 is 7.12 Å². The molecular formula is C16H17BO2. The molecule has 96 valence electrons. The molecule has 0 unspecified atom stereocenters. The van der Waals surface area contributed by atoms with E-state index in [0.29, 0.717) is 5.47 Å². The number of hydrogen-bond acceptors (Lipinski definition) is 2. The van der Waals surface area contributed by atoms with Gasteiger partial charge in [-0.3, -0.25) is 0 Å². The molecular weight excluding hydrogens is 235 g/mol. The maximum atomic E-state index is 9.73. The summed E-state index contributed by atoms with van der Waals surface area (Å²) in [4.78, 5) is 0. The van der Waals surface area contributed by atoms with E-state index in [1.807, 2.05) is 67.6 Å². The van der Waals surface area contributed by atoms with Gasteiger partial charge in [-0.15, -0.1) is 0 Å². The molecule has 0 aromatic heterocycles. The van der Waals surface area contributed by atoms with Gasteiger partial charge in [0.05, 0.1) is 0 Å². The SMILES string of the molecule is CC/C(=C(/B(O)O)c1ccccc1)c1ccccc1. The lowest BCUT2D eigenvalue weighted by Gasteiger charge is -2.14. The minimum absolute atomic E-state index is 0.578. The van der Waals surface area contributed by atoms with E-state index >= 15 is 0 Å². The van der Waals surface area contributed by atoms with Crippen LogP contribution in [0.2, 0.25) is 0 Å². The van der Waals surface area contributed by atoms with Crippen LogP contribution in [0.4, 0.5) is 0 Å². The van der Waals surface area contributed by atoms with Crippen LogP contribution in [0.15, 0.2) is 60.7 Å². The van der Waals surface area contributed by atoms with E-state index in [1.54, 1.807) is 0 Å². The molecule has 3 heteroatoms. The second-order valence-electron chi connectivity index (χ2n) is 4.35. The molecule has 2 N–H and O–H groups in total. The Morgan fingerprint density at radius 1 is 0.842 bits per heavy atom. The summed E-state index contributed by atoms with van der Waals surface area (Å²) >= 11 is 0. The number of benzene rings is 2. The predicted molar refractivity (Wildman–Crippen MR) is 80.2 cm³/mol. The summed E-state index contributed by atoms with van der Waals surface area (Å²) in [6.45, 7) is 2.02. The second-order valence-corrected chi connectivity index (χ2v) is 4.35. The molecule has 2 nitrogen and oxygen atoms in total. The van der Waals surface area contributed by atoms with Gasteiger partial charge in [0.2, 0.25) is 0 Å². The zero-order valence-corrected chi connectivity index (χ0v) is 11.0. The van der Waals surface area contributed by atoms with Gasteiger partial charge in [-0.2, -0.15) is 0 Å². The Labute approximate surface area is 114 Å². The summed E-state index contributed by atoms with van der Waals surface area (Å²) in [7, 11) is -1.47. The first kappa shape index (κ1) is 13.6. The van der Waals surface area contributed by atoms with Crippen LogP contribution in [0.1, 0.15) is 24.5 Å². The quantitative estimate of drug-likeness (QED) is 0.648. The summed E-state index contributed by atoms with van der Waals surface area (Å²) in [5.41, 5.74) is 3.41. The first-order chi connectivity index (χ1) is 9.24. The van der Waals surface area contributed by atoms with Gasteiger partial charge in [-0.05, 0) is 28.6 Å². The van der Waals surface area contributed by atoms with E-state index < -0.39 is 7.12 Å². The van der Waals surface area contributed by atoms with Crippen molar-refractivity contribution in [1.29, 1.82) is 0 Å². The standard InChI is InChI=1S/C16H17BO2/c1-2-15(13-9-5-3-6-10-13)16(17(18)19)14-11-7-4-8-12-14/h3-12,18-19H,2H2,1H3/b16-15-. The number of rotatable bonds is 4. The highest BCUT2D eigenvalue weighted by Gasteiger charge is 2.21. The van der Waals surface area contributed by atoms with Crippen molar-refractivity contribution >= 4 is 18.2 Å². The normalized spacial score (nSPS) is 11.9. The van der Waals surface area contributed by atoms with Crippen molar-refractivity contribution in [2.45, 2.75) is 13.3 Å². The van der Waals surface area contributed by atoms with Crippen LogP contribution in [-0.4, -0.2) is 17.2 Å². The highest BCUT2D eigenvalue weighted by Crippen LogP contribution is 2.29. The van der Waals surface area contributed by atoms with Gasteiger partial charge in [-0.1, -0.05) is 67.6 Å². The van der Waals surface area contributed by atoms with Crippen LogP contribution in [0.25, 0.3) is 11.0 Å². The Kier molecular flexibility index (Phi) is 4.55. The molecule has 0 aliphatic heterocycles. The maximum absolute atomic E-state index is 9.73. The Morgan fingerprint density at radius 3 is 1.74 bits per heavy atom. The van der Waals surface area contributed by atoms with Crippen molar-refractivity contribution < 1.29 is 10.0 Å². The lowest BCUT2D eigenvalue weighted by Crippen LogP contribution is -2.16. The molecule has 2 aromatic carbocycles. The summed E-state index contributed by atoms with van der Waals surface area (Å²) < 4.78 is 0. The monoisotopic (exact) mass is 252 g/mol. The molecule has 0 saturated heterocycles. The van der Waals surface area contributed by atoms with Crippen LogP contribution in [-0.2, 0) is 0 Å². The fourth-order valence-electron chi connectivity index (χ4n) is 2.29. The van der Waals surface area contributed by atoms with Crippen molar-refractivity contribution in [3.8, 4) is 0 Å². The molecule has 0 fully saturated rings. The summed E-state index contributed by atoms with van der Waals surface area (Å²) in [6.07, 6.45) is 0.742. The molecule has 0 amide bonds. The Morgan fingerprint density at radius 2 is 1.32 bits per heavy atom. The molecule has 0 radical (unpaired) electrons. The Bertz CT molecular complexity index is 547. The van der Waals surface area contributed by atoms with E-state index in [1.165, 1.54) is 0 Å². The first-order valence-electron chi connectivity index (χ1n) is 6.44. The Hall–Kier alpha value is -1.84. The fraction of sp³-hybridized carbons (Fsp3) is 0.125. The zero-order valence-electron chi connectivity index (χ0n) is 11.0. The maximum Gasteiger partial charge on any atom is 0.489 e. The molecule has 0 saturated carbocycles. The van der Waals surface area contributed by atoms with Crippen LogP contribution in [0, 0.1) is 0 Å². The average Bonchev–Trinajstić information content (AvgIpc) is 2.46. The summed E-state index contributed by atoms with van der Waals surface area (Å²) in [5, 5.41) is 19.5. The first-order valence-corrected chi connectivity index (χ1v) is 6.44. The van der Waals surface area contributed by atoms with Gasteiger partial charge < -0.3 is 10.0 Å². The molecule has 0 aliphatic carbocycles. The van der Waals surface area contributed by atoms with Crippen LogP contribution in [0.5, 0.6) is 0 Å². The minimum Gasteiger partial charge on any atom is -0.423 e. The molecule has 0 bridgehead atoms. The topological polar surface area (TPSA) is 40.5 Å². The van der Waals surface area contributed by atoms with Crippen LogP contribution in [0.3, 0.4) is 0 Å². The third kappa shape index (κ3) is 3.14. The highest BCUT2D eigenvalue weighted by atomic mass is 16.4. The third-order valence-electron chi connectivity index (χ3n) is 3.14. The largest absolute Gasteiger partial charge is 0.489 e.